The first kappa shape index (κ1) is 29.6. The predicted octanol–water partition coefficient (Wildman–Crippen LogP) is 7.06. The second kappa shape index (κ2) is 13.8. The largest absolute Gasteiger partial charge is 0.482 e. The Morgan fingerprint density at radius 3 is 2.58 bits per heavy atom. The third-order valence-corrected chi connectivity index (χ3v) is 8.10. The maximum Gasteiger partial charge on any atom is 0.416 e. The Morgan fingerprint density at radius 1 is 1.10 bits per heavy atom. The first-order valence-corrected chi connectivity index (χ1v) is 14.3. The predicted molar refractivity (Wildman–Crippen MR) is 150 cm³/mol. The van der Waals surface area contributed by atoms with E-state index in [1.807, 2.05) is 37.3 Å². The molecule has 0 amide bonds. The lowest BCUT2D eigenvalue weighted by atomic mass is 10.1. The topological polar surface area (TPSA) is 73.3 Å². The fourth-order valence-electron chi connectivity index (χ4n) is 3.75. The normalized spacial score (nSPS) is 11.4. The van der Waals surface area contributed by atoms with Crippen molar-refractivity contribution in [3.63, 3.8) is 0 Å². The van der Waals surface area contributed by atoms with Crippen LogP contribution in [0.25, 0.3) is 10.6 Å². The molecule has 0 fully saturated rings. The number of nitrogens with one attached hydrogen (secondary N) is 1. The number of carbonyl (C=O) groups is 1. The van der Waals surface area contributed by atoms with Crippen LogP contribution in [0.4, 0.5) is 13.2 Å². The lowest BCUT2D eigenvalue weighted by molar-refractivity contribution is -0.145. The zero-order valence-corrected chi connectivity index (χ0v) is 23.6. The molecule has 0 aliphatic rings. The maximum atomic E-state index is 13.0. The summed E-state index contributed by atoms with van der Waals surface area (Å²) in [5.74, 6) is 0.823. The van der Waals surface area contributed by atoms with E-state index in [9.17, 15) is 18.0 Å². The summed E-state index contributed by atoms with van der Waals surface area (Å²) in [6, 6.07) is 14.7. The lowest BCUT2D eigenvalue weighted by Gasteiger charge is -2.10. The summed E-state index contributed by atoms with van der Waals surface area (Å²) in [6.45, 7) is 4.92. The minimum atomic E-state index is -4.39. The number of thioether (sulfide) groups is 1. The number of alkyl halides is 3. The van der Waals surface area contributed by atoms with Crippen LogP contribution in [0, 0.1) is 6.92 Å². The fourth-order valence-corrected chi connectivity index (χ4v) is 5.93. The average molecular weight is 588 g/mol. The van der Waals surface area contributed by atoms with Gasteiger partial charge in [-0.2, -0.15) is 13.2 Å². The molecule has 0 radical (unpaired) electrons. The van der Waals surface area contributed by atoms with Crippen molar-refractivity contribution in [2.45, 2.75) is 43.8 Å². The molecule has 1 N–H and O–H groups in total. The maximum absolute atomic E-state index is 13.0. The van der Waals surface area contributed by atoms with Gasteiger partial charge in [-0.3, -0.25) is 4.98 Å². The van der Waals surface area contributed by atoms with Gasteiger partial charge in [0.25, 0.3) is 0 Å². The first-order valence-electron chi connectivity index (χ1n) is 12.5. The third kappa shape index (κ3) is 8.30. The number of carbonyl (C=O) groups excluding carboxylic acids is 1. The number of halogens is 3. The molecule has 4 aromatic rings. The summed E-state index contributed by atoms with van der Waals surface area (Å²) < 4.78 is 49.6. The van der Waals surface area contributed by atoms with Gasteiger partial charge in [-0.25, -0.2) is 9.78 Å². The molecule has 2 aromatic heterocycles. The molecule has 0 bridgehead atoms. The van der Waals surface area contributed by atoms with E-state index >= 15 is 0 Å². The van der Waals surface area contributed by atoms with Crippen molar-refractivity contribution in [1.82, 2.24) is 15.3 Å². The molecule has 11 heteroatoms. The minimum absolute atomic E-state index is 0.149. The SMILES string of the molecule is CCOC(=O)COc1ccc(SCc2sc(-c3ccc(C(F)(F)F)cc3)nc2CNCc2cccnc2)cc1C. The van der Waals surface area contributed by atoms with Crippen LogP contribution in [0.2, 0.25) is 0 Å². The molecule has 6 nitrogen and oxygen atoms in total. The Balaban J connectivity index is 1.47. The van der Waals surface area contributed by atoms with Crippen LogP contribution in [0.5, 0.6) is 5.75 Å². The zero-order chi connectivity index (χ0) is 28.5. The minimum Gasteiger partial charge on any atom is -0.482 e. The van der Waals surface area contributed by atoms with Crippen molar-refractivity contribution in [2.24, 2.45) is 0 Å². The average Bonchev–Trinajstić information content (AvgIpc) is 3.34. The van der Waals surface area contributed by atoms with Gasteiger partial charge in [0.15, 0.2) is 6.61 Å². The van der Waals surface area contributed by atoms with Crippen LogP contribution in [0.15, 0.2) is 71.9 Å². The number of benzene rings is 2. The van der Waals surface area contributed by atoms with Gasteiger partial charge in [0.1, 0.15) is 10.8 Å². The number of nitrogens with zero attached hydrogens (tertiary/aromatic N) is 2. The molecule has 0 aliphatic heterocycles. The smallest absolute Gasteiger partial charge is 0.416 e. The standard InChI is InChI=1S/C29H28F3N3O3S2/c1-3-37-27(36)17-38-25-11-10-23(13-19(25)2)39-18-26-24(16-34-15-20-5-4-12-33-14-20)35-28(40-26)21-6-8-22(9-7-21)29(30,31)32/h4-14,34H,3,15-18H2,1-2H3. The Hall–Kier alpha value is -3.41. The van der Waals surface area contributed by atoms with Crippen LogP contribution in [-0.2, 0) is 34.6 Å². The quantitative estimate of drug-likeness (QED) is 0.141. The Morgan fingerprint density at radius 2 is 1.90 bits per heavy atom. The summed E-state index contributed by atoms with van der Waals surface area (Å²) in [7, 11) is 0. The van der Waals surface area contributed by atoms with Gasteiger partial charge < -0.3 is 14.8 Å². The third-order valence-electron chi connectivity index (χ3n) is 5.75. The van der Waals surface area contributed by atoms with Crippen molar-refractivity contribution >= 4 is 29.1 Å². The van der Waals surface area contributed by atoms with Gasteiger partial charge in [0, 0.05) is 46.6 Å². The van der Waals surface area contributed by atoms with Crippen molar-refractivity contribution < 1.29 is 27.4 Å². The number of hydrogen-bond donors (Lipinski definition) is 1. The highest BCUT2D eigenvalue weighted by Gasteiger charge is 2.30. The molecule has 0 unspecified atom stereocenters. The number of esters is 1. The molecule has 2 aromatic carbocycles. The molecule has 210 valence electrons. The van der Waals surface area contributed by atoms with E-state index in [0.717, 1.165) is 38.7 Å². The number of ether oxygens (including phenoxy) is 2. The molecule has 0 atom stereocenters. The second-order valence-corrected chi connectivity index (χ2v) is 10.9. The van der Waals surface area contributed by atoms with E-state index in [1.54, 1.807) is 31.1 Å². The molecule has 40 heavy (non-hydrogen) atoms. The number of pyridine rings is 1. The molecular formula is C29H28F3N3O3S2. The van der Waals surface area contributed by atoms with Crippen LogP contribution in [0.1, 0.15) is 34.2 Å². The number of hydrogen-bond acceptors (Lipinski definition) is 8. The highest BCUT2D eigenvalue weighted by atomic mass is 32.2. The van der Waals surface area contributed by atoms with Crippen LogP contribution in [-0.4, -0.2) is 29.2 Å². The highest BCUT2D eigenvalue weighted by molar-refractivity contribution is 7.98. The first-order chi connectivity index (χ1) is 19.2. The van der Waals surface area contributed by atoms with E-state index in [0.29, 0.717) is 41.8 Å². The summed E-state index contributed by atoms with van der Waals surface area (Å²) in [5, 5.41) is 4.06. The Kier molecular flexibility index (Phi) is 10.2. The Bertz CT molecular complexity index is 1410. The molecule has 2 heterocycles. The molecule has 0 spiro atoms. The van der Waals surface area contributed by atoms with E-state index in [1.165, 1.54) is 23.5 Å². The molecule has 0 saturated carbocycles. The van der Waals surface area contributed by atoms with E-state index in [4.69, 9.17) is 14.5 Å². The summed E-state index contributed by atoms with van der Waals surface area (Å²) in [6.07, 6.45) is -0.876. The van der Waals surface area contributed by atoms with E-state index in [2.05, 4.69) is 10.3 Å². The van der Waals surface area contributed by atoms with Gasteiger partial charge in [0.2, 0.25) is 0 Å². The molecule has 4 rings (SSSR count). The van der Waals surface area contributed by atoms with Gasteiger partial charge in [-0.05, 0) is 61.4 Å². The van der Waals surface area contributed by atoms with Crippen LogP contribution < -0.4 is 10.1 Å². The van der Waals surface area contributed by atoms with Crippen LogP contribution in [0.3, 0.4) is 0 Å². The second-order valence-electron chi connectivity index (χ2n) is 8.74. The van der Waals surface area contributed by atoms with Crippen molar-refractivity contribution in [3.05, 3.63) is 94.3 Å². The Labute approximate surface area is 239 Å². The monoisotopic (exact) mass is 587 g/mol. The number of aryl methyl sites for hydroxylation is 1. The van der Waals surface area contributed by atoms with E-state index < -0.39 is 17.7 Å². The molecule has 0 aliphatic carbocycles. The van der Waals surface area contributed by atoms with Gasteiger partial charge >= 0.3 is 12.1 Å². The summed E-state index contributed by atoms with van der Waals surface area (Å²) in [4.78, 5) is 22.5. The van der Waals surface area contributed by atoms with Crippen LogP contribution >= 0.6 is 23.1 Å². The number of rotatable bonds is 12. The van der Waals surface area contributed by atoms with Crippen molar-refractivity contribution in [1.29, 1.82) is 0 Å². The molecular weight excluding hydrogens is 559 g/mol. The lowest BCUT2D eigenvalue weighted by Crippen LogP contribution is -2.14. The van der Waals surface area contributed by atoms with Gasteiger partial charge in [-0.15, -0.1) is 23.1 Å². The summed E-state index contributed by atoms with van der Waals surface area (Å²) >= 11 is 3.10. The van der Waals surface area contributed by atoms with Gasteiger partial charge in [0.05, 0.1) is 17.9 Å². The highest BCUT2D eigenvalue weighted by Crippen LogP contribution is 2.36. The number of aromatic nitrogens is 2. The number of thiazole rings is 1. The zero-order valence-electron chi connectivity index (χ0n) is 22.0. The van der Waals surface area contributed by atoms with Crippen molar-refractivity contribution in [3.8, 4) is 16.3 Å². The van der Waals surface area contributed by atoms with Crippen molar-refractivity contribution in [2.75, 3.05) is 13.2 Å². The summed E-state index contributed by atoms with van der Waals surface area (Å²) in [5.41, 5.74) is 2.73. The van der Waals surface area contributed by atoms with E-state index in [-0.39, 0.29) is 6.61 Å². The molecule has 0 saturated heterocycles. The fraction of sp³-hybridized carbons (Fsp3) is 0.276. The van der Waals surface area contributed by atoms with Gasteiger partial charge in [-0.1, -0.05) is 18.2 Å².